The van der Waals surface area contributed by atoms with Crippen molar-refractivity contribution in [3.8, 4) is 0 Å². The fraction of sp³-hybridized carbons (Fsp3) is 0.0769. The van der Waals surface area contributed by atoms with Crippen LogP contribution in [0.25, 0.3) is 0 Å². The predicted octanol–water partition coefficient (Wildman–Crippen LogP) is 2.36. The SMILES string of the molecule is N=C1C=CC(=NCc2ccc(N)cc2)C=C1. The van der Waals surface area contributed by atoms with Crippen LogP contribution in [0.4, 0.5) is 5.69 Å². The maximum atomic E-state index is 7.36. The normalized spacial score (nSPS) is 14.2. The van der Waals surface area contributed by atoms with E-state index >= 15 is 0 Å². The minimum atomic E-state index is 0.506. The molecule has 0 bridgehead atoms. The van der Waals surface area contributed by atoms with Crippen molar-refractivity contribution in [2.75, 3.05) is 5.73 Å². The largest absolute Gasteiger partial charge is 0.399 e. The molecule has 1 aromatic carbocycles. The Kier molecular flexibility index (Phi) is 2.96. The van der Waals surface area contributed by atoms with Gasteiger partial charge in [-0.2, -0.15) is 0 Å². The van der Waals surface area contributed by atoms with Crippen LogP contribution in [0.3, 0.4) is 0 Å². The van der Waals surface area contributed by atoms with Gasteiger partial charge in [-0.15, -0.1) is 0 Å². The highest BCUT2D eigenvalue weighted by Crippen LogP contribution is 2.07. The van der Waals surface area contributed by atoms with Crippen molar-refractivity contribution in [2.45, 2.75) is 6.54 Å². The van der Waals surface area contributed by atoms with E-state index in [1.807, 2.05) is 36.4 Å². The van der Waals surface area contributed by atoms with E-state index in [1.165, 1.54) is 0 Å². The quantitative estimate of drug-likeness (QED) is 0.572. The first-order valence-corrected chi connectivity index (χ1v) is 5.07. The average Bonchev–Trinajstić information content (AvgIpc) is 2.30. The maximum absolute atomic E-state index is 7.36. The van der Waals surface area contributed by atoms with E-state index in [1.54, 1.807) is 12.2 Å². The molecule has 0 atom stereocenters. The Morgan fingerprint density at radius 2 is 1.62 bits per heavy atom. The van der Waals surface area contributed by atoms with Crippen molar-refractivity contribution < 1.29 is 0 Å². The highest BCUT2D eigenvalue weighted by Gasteiger charge is 1.97. The molecule has 1 aliphatic rings. The van der Waals surface area contributed by atoms with Crippen LogP contribution in [0.5, 0.6) is 0 Å². The summed E-state index contributed by atoms with van der Waals surface area (Å²) in [6.07, 6.45) is 7.17. The summed E-state index contributed by atoms with van der Waals surface area (Å²) in [5, 5.41) is 7.36. The number of rotatable bonds is 2. The molecule has 0 saturated heterocycles. The lowest BCUT2D eigenvalue weighted by molar-refractivity contribution is 1.07. The van der Waals surface area contributed by atoms with E-state index in [0.29, 0.717) is 12.3 Å². The number of nitrogen functional groups attached to an aromatic ring is 1. The van der Waals surface area contributed by atoms with E-state index in [4.69, 9.17) is 11.1 Å². The summed E-state index contributed by atoms with van der Waals surface area (Å²) in [6, 6.07) is 7.69. The fourth-order valence-corrected chi connectivity index (χ4v) is 1.37. The van der Waals surface area contributed by atoms with Gasteiger partial charge < -0.3 is 11.1 Å². The number of hydrogen-bond donors (Lipinski definition) is 2. The number of hydrogen-bond acceptors (Lipinski definition) is 3. The molecular formula is C13H13N3. The number of aliphatic imine (C=N–C) groups is 1. The highest BCUT2D eigenvalue weighted by atomic mass is 14.7. The Bertz CT molecular complexity index is 460. The number of allylic oxidation sites excluding steroid dienone is 4. The fourth-order valence-electron chi connectivity index (χ4n) is 1.37. The van der Waals surface area contributed by atoms with Gasteiger partial charge in [-0.1, -0.05) is 12.1 Å². The van der Waals surface area contributed by atoms with Gasteiger partial charge in [-0.25, -0.2) is 0 Å². The third-order valence-electron chi connectivity index (χ3n) is 2.29. The van der Waals surface area contributed by atoms with E-state index < -0.39 is 0 Å². The summed E-state index contributed by atoms with van der Waals surface area (Å²) in [5.41, 5.74) is 8.90. The zero-order valence-corrected chi connectivity index (χ0v) is 8.85. The first kappa shape index (κ1) is 10.4. The Hall–Kier alpha value is -2.16. The van der Waals surface area contributed by atoms with Gasteiger partial charge >= 0.3 is 0 Å². The molecule has 0 saturated carbocycles. The van der Waals surface area contributed by atoms with E-state index in [-0.39, 0.29) is 0 Å². The van der Waals surface area contributed by atoms with Gasteiger partial charge in [0.05, 0.1) is 18.0 Å². The Labute approximate surface area is 94.5 Å². The summed E-state index contributed by atoms with van der Waals surface area (Å²) >= 11 is 0. The van der Waals surface area contributed by atoms with Crippen molar-refractivity contribution in [3.05, 3.63) is 54.1 Å². The average molecular weight is 211 g/mol. The monoisotopic (exact) mass is 211 g/mol. The van der Waals surface area contributed by atoms with E-state index in [0.717, 1.165) is 17.0 Å². The molecule has 0 radical (unpaired) electrons. The summed E-state index contributed by atoms with van der Waals surface area (Å²) in [5.74, 6) is 0. The molecule has 0 aliphatic heterocycles. The summed E-state index contributed by atoms with van der Waals surface area (Å²) in [7, 11) is 0. The van der Waals surface area contributed by atoms with Gasteiger partial charge in [0.15, 0.2) is 0 Å². The molecule has 0 aromatic heterocycles. The second-order valence-electron chi connectivity index (χ2n) is 3.60. The molecule has 1 aromatic rings. The lowest BCUT2D eigenvalue weighted by Gasteiger charge is -2.01. The molecule has 3 N–H and O–H groups in total. The van der Waals surface area contributed by atoms with Crippen LogP contribution in [0.2, 0.25) is 0 Å². The van der Waals surface area contributed by atoms with Gasteiger partial charge in [0, 0.05) is 5.69 Å². The maximum Gasteiger partial charge on any atom is 0.0646 e. The zero-order chi connectivity index (χ0) is 11.4. The lowest BCUT2D eigenvalue weighted by atomic mass is 10.1. The summed E-state index contributed by atoms with van der Waals surface area (Å²) < 4.78 is 0. The van der Waals surface area contributed by atoms with Gasteiger partial charge in [0.25, 0.3) is 0 Å². The number of anilines is 1. The van der Waals surface area contributed by atoms with Crippen molar-refractivity contribution in [2.24, 2.45) is 4.99 Å². The second kappa shape index (κ2) is 4.57. The van der Waals surface area contributed by atoms with Crippen molar-refractivity contribution >= 4 is 17.1 Å². The first-order chi connectivity index (χ1) is 7.74. The summed E-state index contributed by atoms with van der Waals surface area (Å²) in [6.45, 7) is 0.637. The molecule has 0 fully saturated rings. The lowest BCUT2D eigenvalue weighted by Crippen LogP contribution is -1.99. The van der Waals surface area contributed by atoms with E-state index in [2.05, 4.69) is 4.99 Å². The van der Waals surface area contributed by atoms with Crippen LogP contribution in [-0.4, -0.2) is 11.4 Å². The molecule has 2 rings (SSSR count). The molecule has 0 amide bonds. The van der Waals surface area contributed by atoms with Crippen LogP contribution >= 0.6 is 0 Å². The molecule has 80 valence electrons. The Morgan fingerprint density at radius 3 is 2.25 bits per heavy atom. The predicted molar refractivity (Wildman–Crippen MR) is 68.0 cm³/mol. The number of benzene rings is 1. The van der Waals surface area contributed by atoms with Crippen LogP contribution < -0.4 is 5.73 Å². The smallest absolute Gasteiger partial charge is 0.0646 e. The third-order valence-corrected chi connectivity index (χ3v) is 2.29. The molecule has 3 heteroatoms. The molecule has 1 aliphatic carbocycles. The van der Waals surface area contributed by atoms with Gasteiger partial charge in [-0.3, -0.25) is 4.99 Å². The highest BCUT2D eigenvalue weighted by molar-refractivity contribution is 6.17. The van der Waals surface area contributed by atoms with Gasteiger partial charge in [0.2, 0.25) is 0 Å². The zero-order valence-electron chi connectivity index (χ0n) is 8.85. The third kappa shape index (κ3) is 2.67. The molecule has 0 spiro atoms. The Balaban J connectivity index is 2.04. The number of nitrogens with zero attached hydrogens (tertiary/aromatic N) is 1. The van der Waals surface area contributed by atoms with Crippen molar-refractivity contribution in [1.29, 1.82) is 5.41 Å². The van der Waals surface area contributed by atoms with Crippen LogP contribution in [0.15, 0.2) is 53.6 Å². The summed E-state index contributed by atoms with van der Waals surface area (Å²) in [4.78, 5) is 4.42. The second-order valence-corrected chi connectivity index (χ2v) is 3.60. The first-order valence-electron chi connectivity index (χ1n) is 5.07. The minimum Gasteiger partial charge on any atom is -0.399 e. The van der Waals surface area contributed by atoms with Crippen molar-refractivity contribution in [1.82, 2.24) is 0 Å². The molecule has 0 heterocycles. The molecule has 0 unspecified atom stereocenters. The van der Waals surface area contributed by atoms with Gasteiger partial charge in [-0.05, 0) is 42.0 Å². The van der Waals surface area contributed by atoms with E-state index in [9.17, 15) is 0 Å². The topological polar surface area (TPSA) is 62.2 Å². The van der Waals surface area contributed by atoms with Crippen LogP contribution in [-0.2, 0) is 6.54 Å². The number of nitrogens with one attached hydrogen (secondary N) is 1. The van der Waals surface area contributed by atoms with Gasteiger partial charge in [0.1, 0.15) is 0 Å². The van der Waals surface area contributed by atoms with Crippen LogP contribution in [0, 0.1) is 5.41 Å². The van der Waals surface area contributed by atoms with Crippen LogP contribution in [0.1, 0.15) is 5.56 Å². The molecular weight excluding hydrogens is 198 g/mol. The molecule has 3 nitrogen and oxygen atoms in total. The number of nitrogens with two attached hydrogens (primary N) is 1. The minimum absolute atomic E-state index is 0.506. The van der Waals surface area contributed by atoms with Crippen molar-refractivity contribution in [3.63, 3.8) is 0 Å². The Morgan fingerprint density at radius 1 is 1.00 bits per heavy atom. The standard InChI is InChI=1S/C13H13N3/c14-11-3-1-10(2-4-11)9-16-13-7-5-12(15)6-8-13/h1-8,15H,9,14H2. The molecule has 16 heavy (non-hydrogen) atoms.